The van der Waals surface area contributed by atoms with E-state index >= 15 is 4.39 Å². The molecule has 3 aromatic carbocycles. The van der Waals surface area contributed by atoms with Crippen LogP contribution in [0.1, 0.15) is 52.7 Å². The van der Waals surface area contributed by atoms with Crippen LogP contribution in [0, 0.1) is 19.7 Å². The standard InChI is InChI=1S/C33H30FNO5/c1-18-12-21(20-4-11-30(38-3)35-16-20)13-19(2)32(18)25-7-9-27(34)33-26(25)8-10-28(33)40-23-5-6-24-22(14-31(36)37)17-39-29(24)15-23/h4-7,9,11-13,15-16,22,28H,8,10,14,17H2,1-3H3,(H,36,37)/t22?,28-/m1/s1. The van der Waals surface area contributed by atoms with Gasteiger partial charge in [-0.3, -0.25) is 4.79 Å². The highest BCUT2D eigenvalue weighted by molar-refractivity contribution is 5.79. The highest BCUT2D eigenvalue weighted by Crippen LogP contribution is 2.45. The molecule has 2 atom stereocenters. The number of methoxy groups -OCH3 is 1. The molecule has 0 saturated carbocycles. The van der Waals surface area contributed by atoms with E-state index in [1.165, 1.54) is 0 Å². The third-order valence-electron chi connectivity index (χ3n) is 7.93. The fourth-order valence-electron chi connectivity index (χ4n) is 6.13. The summed E-state index contributed by atoms with van der Waals surface area (Å²) in [4.78, 5) is 15.5. The molecule has 0 spiro atoms. The first-order chi connectivity index (χ1) is 19.3. The van der Waals surface area contributed by atoms with Crippen molar-refractivity contribution in [3.63, 3.8) is 0 Å². The van der Waals surface area contributed by atoms with Crippen molar-refractivity contribution in [1.29, 1.82) is 0 Å². The van der Waals surface area contributed by atoms with Gasteiger partial charge in [0.15, 0.2) is 0 Å². The second-order valence-corrected chi connectivity index (χ2v) is 10.5. The maximum Gasteiger partial charge on any atom is 0.304 e. The Kier molecular flexibility index (Phi) is 6.66. The molecule has 1 aliphatic heterocycles. The smallest absolute Gasteiger partial charge is 0.304 e. The van der Waals surface area contributed by atoms with Gasteiger partial charge in [0.25, 0.3) is 0 Å². The minimum atomic E-state index is -0.853. The Balaban J connectivity index is 1.30. The molecule has 6 nitrogen and oxygen atoms in total. The fourth-order valence-corrected chi connectivity index (χ4v) is 6.13. The van der Waals surface area contributed by atoms with Gasteiger partial charge in [-0.2, -0.15) is 0 Å². The molecular weight excluding hydrogens is 509 g/mol. The van der Waals surface area contributed by atoms with E-state index in [0.717, 1.165) is 44.5 Å². The van der Waals surface area contributed by atoms with Gasteiger partial charge in [0, 0.05) is 40.9 Å². The van der Waals surface area contributed by atoms with Crippen LogP contribution in [-0.2, 0) is 11.2 Å². The fraction of sp³-hybridized carbons (Fsp3) is 0.273. The Morgan fingerprint density at radius 3 is 2.58 bits per heavy atom. The number of carboxylic acids is 1. The number of aliphatic carboxylic acids is 1. The lowest BCUT2D eigenvalue weighted by Gasteiger charge is -2.19. The van der Waals surface area contributed by atoms with Crippen LogP contribution in [0.2, 0.25) is 0 Å². The van der Waals surface area contributed by atoms with Gasteiger partial charge in [-0.1, -0.05) is 24.3 Å². The SMILES string of the molecule is COc1ccc(-c2cc(C)c(-c3ccc(F)c4c3CC[C@H]4Oc3ccc4c(c3)OCC4CC(=O)O)c(C)c2)cn1. The van der Waals surface area contributed by atoms with Crippen molar-refractivity contribution in [1.82, 2.24) is 4.98 Å². The molecule has 1 aliphatic carbocycles. The second kappa shape index (κ2) is 10.3. The topological polar surface area (TPSA) is 77.9 Å². The maximum absolute atomic E-state index is 15.3. The molecule has 2 heterocycles. The van der Waals surface area contributed by atoms with Gasteiger partial charge in [0.1, 0.15) is 23.4 Å². The lowest BCUT2D eigenvalue weighted by molar-refractivity contribution is -0.137. The summed E-state index contributed by atoms with van der Waals surface area (Å²) in [7, 11) is 1.60. The third kappa shape index (κ3) is 4.66. The number of nitrogens with zero attached hydrogens (tertiary/aromatic N) is 1. The Hall–Kier alpha value is -4.39. The molecule has 1 aromatic heterocycles. The normalized spacial score (nSPS) is 17.2. The van der Waals surface area contributed by atoms with Gasteiger partial charge in [0.05, 0.1) is 20.1 Å². The molecule has 2 aliphatic rings. The number of aromatic nitrogens is 1. The first-order valence-electron chi connectivity index (χ1n) is 13.4. The first kappa shape index (κ1) is 25.9. The summed E-state index contributed by atoms with van der Waals surface area (Å²) in [5.41, 5.74) is 8.88. The lowest BCUT2D eigenvalue weighted by Crippen LogP contribution is -2.07. The van der Waals surface area contributed by atoms with Crippen molar-refractivity contribution in [3.05, 3.63) is 94.4 Å². The Labute approximate surface area is 232 Å². The summed E-state index contributed by atoms with van der Waals surface area (Å²) in [6.45, 7) is 4.51. The van der Waals surface area contributed by atoms with Crippen LogP contribution in [0.25, 0.3) is 22.3 Å². The van der Waals surface area contributed by atoms with Crippen molar-refractivity contribution in [2.45, 2.75) is 45.1 Å². The average Bonchev–Trinajstić information content (AvgIpc) is 3.54. The van der Waals surface area contributed by atoms with Crippen LogP contribution in [-0.4, -0.2) is 29.8 Å². The van der Waals surface area contributed by atoms with E-state index in [2.05, 4.69) is 31.0 Å². The minimum absolute atomic E-state index is 0.0218. The Bertz CT molecular complexity index is 1590. The van der Waals surface area contributed by atoms with Crippen LogP contribution < -0.4 is 14.2 Å². The number of rotatable bonds is 7. The predicted molar refractivity (Wildman–Crippen MR) is 150 cm³/mol. The van der Waals surface area contributed by atoms with Crippen LogP contribution >= 0.6 is 0 Å². The summed E-state index contributed by atoms with van der Waals surface area (Å²) in [6, 6.07) is 17.0. The molecule has 1 N–H and O–H groups in total. The van der Waals surface area contributed by atoms with Gasteiger partial charge >= 0.3 is 5.97 Å². The number of carbonyl (C=O) groups is 1. The van der Waals surface area contributed by atoms with E-state index in [4.69, 9.17) is 19.3 Å². The van der Waals surface area contributed by atoms with Gasteiger partial charge < -0.3 is 19.3 Å². The summed E-state index contributed by atoms with van der Waals surface area (Å²) in [5, 5.41) is 9.16. The zero-order chi connectivity index (χ0) is 28.0. The highest BCUT2D eigenvalue weighted by atomic mass is 19.1. The number of pyridine rings is 1. The number of hydrogen-bond donors (Lipinski definition) is 1. The molecule has 40 heavy (non-hydrogen) atoms. The Morgan fingerprint density at radius 2 is 1.88 bits per heavy atom. The van der Waals surface area contributed by atoms with Gasteiger partial charge in [0.2, 0.25) is 5.88 Å². The van der Waals surface area contributed by atoms with E-state index in [0.29, 0.717) is 42.4 Å². The molecule has 204 valence electrons. The molecule has 0 saturated heterocycles. The average molecular weight is 540 g/mol. The third-order valence-corrected chi connectivity index (χ3v) is 7.93. The molecule has 0 bridgehead atoms. The first-order valence-corrected chi connectivity index (χ1v) is 13.4. The van der Waals surface area contributed by atoms with Crippen LogP contribution in [0.4, 0.5) is 4.39 Å². The van der Waals surface area contributed by atoms with Crippen molar-refractivity contribution >= 4 is 5.97 Å². The highest BCUT2D eigenvalue weighted by Gasteiger charge is 2.32. The number of halogens is 1. The van der Waals surface area contributed by atoms with Crippen LogP contribution in [0.15, 0.2) is 60.8 Å². The quantitative estimate of drug-likeness (QED) is 0.268. The summed E-state index contributed by atoms with van der Waals surface area (Å²) in [5.74, 6) is 0.497. The van der Waals surface area contributed by atoms with Crippen LogP contribution in [0.5, 0.6) is 17.4 Å². The molecule has 6 rings (SSSR count). The van der Waals surface area contributed by atoms with E-state index in [9.17, 15) is 4.79 Å². The molecule has 1 unspecified atom stereocenters. The number of fused-ring (bicyclic) bond motifs is 2. The van der Waals surface area contributed by atoms with E-state index < -0.39 is 12.1 Å². The second-order valence-electron chi connectivity index (χ2n) is 10.5. The van der Waals surface area contributed by atoms with E-state index in [1.807, 2.05) is 30.3 Å². The summed E-state index contributed by atoms with van der Waals surface area (Å²) < 4.78 is 32.5. The molecule has 0 amide bonds. The van der Waals surface area contributed by atoms with Crippen molar-refractivity contribution in [2.75, 3.05) is 13.7 Å². The predicted octanol–water partition coefficient (Wildman–Crippen LogP) is 7.20. The monoisotopic (exact) mass is 539 g/mol. The van der Waals surface area contributed by atoms with Crippen LogP contribution in [0.3, 0.4) is 0 Å². The van der Waals surface area contributed by atoms with E-state index in [1.54, 1.807) is 25.4 Å². The molecule has 7 heteroatoms. The molecular formula is C33H30FNO5. The number of carboxylic acid groups (broad SMARTS) is 1. The number of aryl methyl sites for hydroxylation is 2. The van der Waals surface area contributed by atoms with Gasteiger partial charge in [-0.05, 0) is 78.3 Å². The summed E-state index contributed by atoms with van der Waals surface area (Å²) >= 11 is 0. The van der Waals surface area contributed by atoms with Crippen molar-refractivity contribution in [2.24, 2.45) is 0 Å². The number of benzene rings is 3. The van der Waals surface area contributed by atoms with Gasteiger partial charge in [-0.15, -0.1) is 0 Å². The molecule has 0 fully saturated rings. The zero-order valence-electron chi connectivity index (χ0n) is 22.7. The lowest BCUT2D eigenvalue weighted by atomic mass is 9.88. The van der Waals surface area contributed by atoms with Gasteiger partial charge in [-0.25, -0.2) is 9.37 Å². The number of hydrogen-bond acceptors (Lipinski definition) is 5. The van der Waals surface area contributed by atoms with Crippen molar-refractivity contribution in [3.8, 4) is 39.6 Å². The summed E-state index contributed by atoms with van der Waals surface area (Å²) in [6.07, 6.45) is 2.78. The largest absolute Gasteiger partial charge is 0.492 e. The van der Waals surface area contributed by atoms with E-state index in [-0.39, 0.29) is 18.2 Å². The number of ether oxygens (including phenoxy) is 3. The minimum Gasteiger partial charge on any atom is -0.492 e. The Morgan fingerprint density at radius 1 is 1.07 bits per heavy atom. The maximum atomic E-state index is 15.3. The molecule has 4 aromatic rings. The van der Waals surface area contributed by atoms with Crippen molar-refractivity contribution < 1.29 is 28.5 Å². The molecule has 0 radical (unpaired) electrons. The zero-order valence-corrected chi connectivity index (χ0v) is 22.7.